The molecule has 30 heavy (non-hydrogen) atoms. The van der Waals surface area contributed by atoms with Crippen molar-refractivity contribution in [2.24, 2.45) is 5.10 Å². The second-order valence-corrected chi connectivity index (χ2v) is 8.06. The van der Waals surface area contributed by atoms with Gasteiger partial charge in [-0.25, -0.2) is 4.98 Å². The summed E-state index contributed by atoms with van der Waals surface area (Å²) in [6.45, 7) is 3.94. The fourth-order valence-electron chi connectivity index (χ4n) is 3.51. The predicted molar refractivity (Wildman–Crippen MR) is 122 cm³/mol. The lowest BCUT2D eigenvalue weighted by Crippen LogP contribution is -2.20. The molecule has 0 atom stereocenters. The first-order chi connectivity index (χ1) is 14.5. The standard InChI is InChI=1S/C23H17BrN4O2/c1-13-9-16(14(2)26-13)12-25-28-22(27-19-6-4-3-5-18(19)23(28)29)21-11-15-10-17(24)7-8-20(15)30-21/h3-12,26H,1-2H3. The van der Waals surface area contributed by atoms with Crippen molar-refractivity contribution in [2.75, 3.05) is 0 Å². The van der Waals surface area contributed by atoms with E-state index in [1.807, 2.05) is 62.4 Å². The lowest BCUT2D eigenvalue weighted by Gasteiger charge is -2.07. The minimum atomic E-state index is -0.251. The fourth-order valence-corrected chi connectivity index (χ4v) is 3.89. The van der Waals surface area contributed by atoms with Crippen LogP contribution in [-0.4, -0.2) is 20.9 Å². The second kappa shape index (κ2) is 7.11. The number of hydrogen-bond acceptors (Lipinski definition) is 4. The van der Waals surface area contributed by atoms with Gasteiger partial charge in [-0.2, -0.15) is 9.78 Å². The highest BCUT2D eigenvalue weighted by Gasteiger charge is 2.16. The summed E-state index contributed by atoms with van der Waals surface area (Å²) in [6.07, 6.45) is 1.67. The van der Waals surface area contributed by atoms with E-state index in [0.717, 1.165) is 26.8 Å². The molecule has 3 aromatic heterocycles. The first kappa shape index (κ1) is 18.6. The van der Waals surface area contributed by atoms with Gasteiger partial charge in [-0.05, 0) is 56.3 Å². The Morgan fingerprint density at radius 3 is 2.77 bits per heavy atom. The molecule has 0 fully saturated rings. The number of benzene rings is 2. The summed E-state index contributed by atoms with van der Waals surface area (Å²) < 4.78 is 8.26. The molecule has 1 N–H and O–H groups in total. The monoisotopic (exact) mass is 460 g/mol. The van der Waals surface area contributed by atoms with E-state index < -0.39 is 0 Å². The van der Waals surface area contributed by atoms with Gasteiger partial charge >= 0.3 is 0 Å². The van der Waals surface area contributed by atoms with Gasteiger partial charge in [-0.1, -0.05) is 28.1 Å². The Bertz CT molecular complexity index is 1510. The first-order valence-corrected chi connectivity index (χ1v) is 10.2. The molecule has 7 heteroatoms. The van der Waals surface area contributed by atoms with Gasteiger partial charge in [0.2, 0.25) is 5.82 Å². The third-order valence-corrected chi connectivity index (χ3v) is 5.45. The lowest BCUT2D eigenvalue weighted by atomic mass is 10.2. The van der Waals surface area contributed by atoms with Crippen LogP contribution in [0.3, 0.4) is 0 Å². The Morgan fingerprint density at radius 1 is 1.13 bits per heavy atom. The summed E-state index contributed by atoms with van der Waals surface area (Å²) in [4.78, 5) is 21.2. The topological polar surface area (TPSA) is 76.2 Å². The van der Waals surface area contributed by atoms with Crippen LogP contribution in [0.25, 0.3) is 33.5 Å². The number of H-pyrrole nitrogens is 1. The van der Waals surface area contributed by atoms with Crippen LogP contribution < -0.4 is 5.56 Å². The smallest absolute Gasteiger partial charge is 0.282 e. The molecule has 0 spiro atoms. The summed E-state index contributed by atoms with van der Waals surface area (Å²) in [5, 5.41) is 5.90. The van der Waals surface area contributed by atoms with E-state index in [9.17, 15) is 4.79 Å². The molecular weight excluding hydrogens is 444 g/mol. The number of hydrogen-bond donors (Lipinski definition) is 1. The van der Waals surface area contributed by atoms with Gasteiger partial charge in [0.1, 0.15) is 5.58 Å². The molecule has 0 aliphatic heterocycles. The molecule has 5 aromatic rings. The van der Waals surface area contributed by atoms with Crippen LogP contribution in [0.5, 0.6) is 0 Å². The van der Waals surface area contributed by atoms with Gasteiger partial charge < -0.3 is 9.40 Å². The number of aryl methyl sites for hydroxylation is 2. The molecule has 0 saturated carbocycles. The molecule has 0 amide bonds. The molecule has 0 aliphatic rings. The number of furan rings is 1. The zero-order valence-electron chi connectivity index (χ0n) is 16.3. The maximum absolute atomic E-state index is 13.3. The Labute approximate surface area is 180 Å². The number of para-hydroxylation sites is 1. The first-order valence-electron chi connectivity index (χ1n) is 9.41. The Balaban J connectivity index is 1.76. The number of aromatic nitrogens is 3. The average Bonchev–Trinajstić information content (AvgIpc) is 3.28. The van der Waals surface area contributed by atoms with E-state index >= 15 is 0 Å². The fraction of sp³-hybridized carbons (Fsp3) is 0.0870. The average molecular weight is 461 g/mol. The van der Waals surface area contributed by atoms with Crippen LogP contribution in [0.4, 0.5) is 0 Å². The molecule has 0 aliphatic carbocycles. The van der Waals surface area contributed by atoms with E-state index in [0.29, 0.717) is 28.1 Å². The molecule has 6 nitrogen and oxygen atoms in total. The molecule has 3 heterocycles. The largest absolute Gasteiger partial charge is 0.453 e. The molecular formula is C23H17BrN4O2. The number of nitrogens with zero attached hydrogens (tertiary/aromatic N) is 3. The quantitative estimate of drug-likeness (QED) is 0.366. The van der Waals surface area contributed by atoms with Crippen molar-refractivity contribution in [3.05, 3.63) is 86.4 Å². The van der Waals surface area contributed by atoms with Crippen LogP contribution in [0.2, 0.25) is 0 Å². The third kappa shape index (κ3) is 3.17. The number of fused-ring (bicyclic) bond motifs is 2. The summed E-state index contributed by atoms with van der Waals surface area (Å²) in [5.41, 5.74) is 3.97. The van der Waals surface area contributed by atoms with Gasteiger partial charge in [0.05, 0.1) is 17.1 Å². The maximum atomic E-state index is 13.3. The van der Waals surface area contributed by atoms with E-state index in [-0.39, 0.29) is 5.56 Å². The van der Waals surface area contributed by atoms with Crippen molar-refractivity contribution in [3.8, 4) is 11.6 Å². The minimum Gasteiger partial charge on any atom is -0.453 e. The lowest BCUT2D eigenvalue weighted by molar-refractivity contribution is 0.616. The zero-order chi connectivity index (χ0) is 20.8. The van der Waals surface area contributed by atoms with Crippen LogP contribution in [0.1, 0.15) is 17.0 Å². The Kier molecular flexibility index (Phi) is 4.40. The van der Waals surface area contributed by atoms with Crippen LogP contribution in [0, 0.1) is 13.8 Å². The molecule has 0 radical (unpaired) electrons. The van der Waals surface area contributed by atoms with E-state index in [1.165, 1.54) is 4.68 Å². The molecule has 0 saturated heterocycles. The predicted octanol–water partition coefficient (Wildman–Crippen LogP) is 5.40. The van der Waals surface area contributed by atoms with Gasteiger partial charge in [-0.3, -0.25) is 4.79 Å². The zero-order valence-corrected chi connectivity index (χ0v) is 17.9. The highest BCUT2D eigenvalue weighted by molar-refractivity contribution is 9.10. The normalized spacial score (nSPS) is 11.8. The van der Waals surface area contributed by atoms with Gasteiger partial charge in [0.25, 0.3) is 5.56 Å². The van der Waals surface area contributed by atoms with Crippen molar-refractivity contribution in [1.82, 2.24) is 14.6 Å². The van der Waals surface area contributed by atoms with Gasteiger partial charge in [0, 0.05) is 26.8 Å². The molecule has 148 valence electrons. The summed E-state index contributed by atoms with van der Waals surface area (Å²) in [6, 6.07) is 16.8. The highest BCUT2D eigenvalue weighted by Crippen LogP contribution is 2.29. The van der Waals surface area contributed by atoms with E-state index in [2.05, 4.69) is 26.0 Å². The van der Waals surface area contributed by atoms with Crippen molar-refractivity contribution < 1.29 is 4.42 Å². The van der Waals surface area contributed by atoms with Crippen LogP contribution in [-0.2, 0) is 0 Å². The summed E-state index contributed by atoms with van der Waals surface area (Å²) in [7, 11) is 0. The minimum absolute atomic E-state index is 0.251. The highest BCUT2D eigenvalue weighted by atomic mass is 79.9. The Morgan fingerprint density at radius 2 is 1.97 bits per heavy atom. The van der Waals surface area contributed by atoms with Crippen molar-refractivity contribution in [2.45, 2.75) is 13.8 Å². The van der Waals surface area contributed by atoms with Crippen molar-refractivity contribution in [1.29, 1.82) is 0 Å². The van der Waals surface area contributed by atoms with Gasteiger partial charge in [0.15, 0.2) is 5.76 Å². The number of nitrogens with one attached hydrogen (secondary N) is 1. The maximum Gasteiger partial charge on any atom is 0.282 e. The summed E-state index contributed by atoms with van der Waals surface area (Å²) >= 11 is 3.48. The van der Waals surface area contributed by atoms with Crippen LogP contribution in [0.15, 0.2) is 73.4 Å². The van der Waals surface area contributed by atoms with Crippen LogP contribution >= 0.6 is 15.9 Å². The van der Waals surface area contributed by atoms with Crippen molar-refractivity contribution >= 4 is 44.0 Å². The van der Waals surface area contributed by atoms with Gasteiger partial charge in [-0.15, -0.1) is 0 Å². The second-order valence-electron chi connectivity index (χ2n) is 7.14. The van der Waals surface area contributed by atoms with E-state index in [4.69, 9.17) is 9.40 Å². The molecule has 0 bridgehead atoms. The summed E-state index contributed by atoms with van der Waals surface area (Å²) in [5.74, 6) is 0.831. The molecule has 2 aromatic carbocycles. The Hall–Kier alpha value is -3.45. The number of halogens is 1. The number of aromatic amines is 1. The number of rotatable bonds is 3. The van der Waals surface area contributed by atoms with Crippen molar-refractivity contribution in [3.63, 3.8) is 0 Å². The third-order valence-electron chi connectivity index (χ3n) is 4.95. The SMILES string of the molecule is Cc1cc(C=Nn2c(-c3cc4cc(Br)ccc4o3)nc3ccccc3c2=O)c(C)[nH]1. The molecule has 5 rings (SSSR count). The molecule has 0 unspecified atom stereocenters. The van der Waals surface area contributed by atoms with E-state index in [1.54, 1.807) is 12.3 Å².